The molecule has 8 atom stereocenters. The summed E-state index contributed by atoms with van der Waals surface area (Å²) in [5, 5.41) is 9.46. The van der Waals surface area contributed by atoms with Gasteiger partial charge in [0.05, 0.1) is 38.1 Å². The van der Waals surface area contributed by atoms with Crippen LogP contribution in [-0.4, -0.2) is 121 Å². The van der Waals surface area contributed by atoms with Crippen LogP contribution in [0.4, 0.5) is 26.3 Å². The third kappa shape index (κ3) is 12.1. The van der Waals surface area contributed by atoms with Crippen molar-refractivity contribution in [3.8, 4) is 11.8 Å². The molecule has 5 rings (SSSR count). The van der Waals surface area contributed by atoms with Crippen molar-refractivity contribution >= 4 is 35.8 Å². The van der Waals surface area contributed by atoms with Gasteiger partial charge in [-0.1, -0.05) is 34.6 Å². The number of halogens is 6. The highest BCUT2D eigenvalue weighted by atomic mass is 33.1. The first-order valence-electron chi connectivity index (χ1n) is 22.4. The van der Waals surface area contributed by atoms with Crippen molar-refractivity contribution in [3.63, 3.8) is 0 Å². The fourth-order valence-electron chi connectivity index (χ4n) is 10.9. The molecule has 352 valence electrons. The highest BCUT2D eigenvalue weighted by Gasteiger charge is 2.69. The normalized spacial score (nSPS) is 27.0. The number of hydrogen-bond donors (Lipinski definition) is 0. The van der Waals surface area contributed by atoms with Gasteiger partial charge in [0.2, 0.25) is 5.91 Å². The maximum atomic E-state index is 13.5. The Labute approximate surface area is 375 Å². The van der Waals surface area contributed by atoms with Gasteiger partial charge in [-0.2, -0.15) is 31.6 Å². The standard InChI is InChI=1S/C45H69F6N4O4PS2/c1-30(2)55(31(3)4)60(24-20-52)59-35-12-10-32(26-35)29-62-61-25-9-22-57-34-13-15-36-33(27-34)11-14-38-37(36)18-19-42(5)39(38)16-17-40(42)54(8)41(56)28-53(7)21-23-58-43(6,44(46,47)48)45(49,50)51/h13,15,27,30-32,35,37-40H,9-12,14,16-19,21-26,28-29H2,1-8H3/t32-,35-,37?,38?,39?,40+,42+,60?/m1/s1. The van der Waals surface area contributed by atoms with E-state index in [4.69, 9.17) is 9.26 Å². The number of ether oxygens (including phenoxy) is 2. The lowest BCUT2D eigenvalue weighted by Crippen LogP contribution is -2.57. The quantitative estimate of drug-likeness (QED) is 0.0518. The van der Waals surface area contributed by atoms with E-state index in [1.165, 1.54) is 29.5 Å². The molecule has 1 aromatic rings. The molecule has 1 aromatic carbocycles. The van der Waals surface area contributed by atoms with Crippen LogP contribution in [0.25, 0.3) is 0 Å². The van der Waals surface area contributed by atoms with Gasteiger partial charge in [-0.3, -0.25) is 14.4 Å². The van der Waals surface area contributed by atoms with Crippen LogP contribution in [0.15, 0.2) is 18.2 Å². The summed E-state index contributed by atoms with van der Waals surface area (Å²) in [5.74, 6) is 4.94. The summed E-state index contributed by atoms with van der Waals surface area (Å²) in [4.78, 5) is 16.6. The molecule has 8 nitrogen and oxygen atoms in total. The van der Waals surface area contributed by atoms with Crippen LogP contribution in [0.2, 0.25) is 0 Å². The van der Waals surface area contributed by atoms with Crippen molar-refractivity contribution in [1.29, 1.82) is 5.26 Å². The van der Waals surface area contributed by atoms with E-state index in [-0.39, 0.29) is 43.5 Å². The van der Waals surface area contributed by atoms with Gasteiger partial charge in [0.15, 0.2) is 0 Å². The molecule has 0 aromatic heterocycles. The van der Waals surface area contributed by atoms with E-state index in [9.17, 15) is 36.4 Å². The zero-order valence-electron chi connectivity index (χ0n) is 37.8. The molecule has 0 saturated heterocycles. The second-order valence-electron chi connectivity index (χ2n) is 19.0. The summed E-state index contributed by atoms with van der Waals surface area (Å²) < 4.78 is 99.0. The first kappa shape index (κ1) is 51.5. The average molecular weight is 939 g/mol. The minimum Gasteiger partial charge on any atom is -0.494 e. The Hall–Kier alpha value is -1.47. The van der Waals surface area contributed by atoms with Crippen LogP contribution in [0.1, 0.15) is 116 Å². The van der Waals surface area contributed by atoms with E-state index >= 15 is 0 Å². The van der Waals surface area contributed by atoms with Crippen molar-refractivity contribution in [2.24, 2.45) is 23.2 Å². The SMILES string of the molecule is CC(C)N(C(C)C)P(CC#N)O[C@@H]1CC[C@@H](CSSCCCOc2ccc3c(c2)CCC2C3CC[C@@]3(C)C2CC[C@@H]3N(C)C(=O)CN(C)CCOC(C)(C(F)(F)F)C(F)(F)F)C1. The number of nitrogens with zero attached hydrogens (tertiary/aromatic N) is 4. The summed E-state index contributed by atoms with van der Waals surface area (Å²) in [6.07, 6.45) is -0.302. The Balaban J connectivity index is 1.02. The van der Waals surface area contributed by atoms with Crippen LogP contribution in [-0.2, 0) is 20.5 Å². The molecule has 4 unspecified atom stereocenters. The number of alkyl halides is 6. The number of likely N-dealkylation sites (N-methyl/N-ethyl adjacent to an activating group) is 2. The maximum absolute atomic E-state index is 13.5. The van der Waals surface area contributed by atoms with E-state index in [1.807, 2.05) is 21.6 Å². The molecule has 3 fully saturated rings. The van der Waals surface area contributed by atoms with Gasteiger partial charge in [-0.15, -0.1) is 0 Å². The predicted octanol–water partition coefficient (Wildman–Crippen LogP) is 11.5. The van der Waals surface area contributed by atoms with Gasteiger partial charge in [0.25, 0.3) is 5.60 Å². The molecule has 62 heavy (non-hydrogen) atoms. The van der Waals surface area contributed by atoms with Crippen LogP contribution in [0.3, 0.4) is 0 Å². The highest BCUT2D eigenvalue weighted by molar-refractivity contribution is 8.76. The van der Waals surface area contributed by atoms with Crippen molar-refractivity contribution in [3.05, 3.63) is 29.3 Å². The minimum absolute atomic E-state index is 0.00749. The predicted molar refractivity (Wildman–Crippen MR) is 238 cm³/mol. The summed E-state index contributed by atoms with van der Waals surface area (Å²) in [7, 11) is 6.25. The maximum Gasteiger partial charge on any atom is 0.426 e. The van der Waals surface area contributed by atoms with Crippen LogP contribution < -0.4 is 4.74 Å². The minimum atomic E-state index is -5.63. The molecule has 17 heteroatoms. The monoisotopic (exact) mass is 938 g/mol. The lowest BCUT2D eigenvalue weighted by molar-refractivity contribution is -0.374. The molecule has 0 aliphatic heterocycles. The van der Waals surface area contributed by atoms with Crippen molar-refractivity contribution in [2.45, 2.75) is 154 Å². The first-order chi connectivity index (χ1) is 29.1. The van der Waals surface area contributed by atoms with E-state index in [1.54, 1.807) is 11.9 Å². The molecule has 0 bridgehead atoms. The highest BCUT2D eigenvalue weighted by Crippen LogP contribution is 2.62. The van der Waals surface area contributed by atoms with E-state index in [0.717, 1.165) is 75.0 Å². The molecule has 4 aliphatic rings. The van der Waals surface area contributed by atoms with Crippen LogP contribution in [0, 0.1) is 34.5 Å². The zero-order valence-corrected chi connectivity index (χ0v) is 40.4. The summed E-state index contributed by atoms with van der Waals surface area (Å²) >= 11 is 0. The Morgan fingerprint density at radius 2 is 1.69 bits per heavy atom. The Morgan fingerprint density at radius 3 is 2.35 bits per heavy atom. The molecule has 0 radical (unpaired) electrons. The van der Waals surface area contributed by atoms with E-state index in [0.29, 0.717) is 48.5 Å². The molecule has 0 spiro atoms. The third-order valence-corrected chi connectivity index (χ3v) is 19.2. The van der Waals surface area contributed by atoms with Gasteiger partial charge in [-0.25, -0.2) is 0 Å². The van der Waals surface area contributed by atoms with Gasteiger partial charge in [-0.05, 0) is 158 Å². The molecule has 0 N–H and O–H groups in total. The van der Waals surface area contributed by atoms with Gasteiger partial charge >= 0.3 is 12.4 Å². The Kier molecular flexibility index (Phi) is 18.2. The number of benzene rings is 1. The lowest BCUT2D eigenvalue weighted by Gasteiger charge is -2.52. The fraction of sp³-hybridized carbons (Fsp3) is 0.822. The molecular weight excluding hydrogens is 870 g/mol. The molecule has 4 aliphatic carbocycles. The van der Waals surface area contributed by atoms with Crippen molar-refractivity contribution in [2.75, 3.05) is 58.1 Å². The van der Waals surface area contributed by atoms with Crippen LogP contribution in [0.5, 0.6) is 5.75 Å². The van der Waals surface area contributed by atoms with Gasteiger partial charge < -0.3 is 18.9 Å². The average Bonchev–Trinajstić information content (AvgIpc) is 3.79. The smallest absolute Gasteiger partial charge is 0.426 e. The summed E-state index contributed by atoms with van der Waals surface area (Å²) in [6, 6.07) is 9.70. The summed E-state index contributed by atoms with van der Waals surface area (Å²) in [5.41, 5.74) is -1.57. The molecule has 0 heterocycles. The van der Waals surface area contributed by atoms with E-state index in [2.05, 4.69) is 68.3 Å². The number of aryl methyl sites for hydroxylation is 1. The molecule has 3 saturated carbocycles. The first-order valence-corrected chi connectivity index (χ1v) is 26.3. The lowest BCUT2D eigenvalue weighted by atomic mass is 9.55. The number of hydrogen-bond acceptors (Lipinski definition) is 9. The summed E-state index contributed by atoms with van der Waals surface area (Å²) in [6.45, 7) is 10.5. The molecule has 1 amide bonds. The Morgan fingerprint density at radius 1 is 0.984 bits per heavy atom. The van der Waals surface area contributed by atoms with Gasteiger partial charge in [0.1, 0.15) is 14.0 Å². The Bertz CT molecular complexity index is 1650. The van der Waals surface area contributed by atoms with Crippen molar-refractivity contribution in [1.82, 2.24) is 14.5 Å². The topological polar surface area (TPSA) is 78.3 Å². The van der Waals surface area contributed by atoms with Gasteiger partial charge in [0, 0.05) is 43.2 Å². The zero-order chi connectivity index (χ0) is 45.6. The number of carbonyl (C=O) groups is 1. The fourth-order valence-corrected chi connectivity index (χ4v) is 15.4. The number of amides is 1. The third-order valence-electron chi connectivity index (χ3n) is 14.2. The number of rotatable bonds is 21. The van der Waals surface area contributed by atoms with Crippen LogP contribution >= 0.6 is 29.9 Å². The van der Waals surface area contributed by atoms with E-state index < -0.39 is 32.9 Å². The number of nitriles is 1. The van der Waals surface area contributed by atoms with Crippen molar-refractivity contribution < 1.29 is 45.1 Å². The number of carbonyl (C=O) groups excluding carboxylic acids is 1. The number of fused-ring (bicyclic) bond motifs is 5. The largest absolute Gasteiger partial charge is 0.494 e. The second-order valence-corrected chi connectivity index (χ2v) is 23.3. The molecular formula is C45H69F6N4O4PS2. The second kappa shape index (κ2) is 21.9.